The molecule has 17 heavy (non-hydrogen) atoms. The molecule has 0 bridgehead atoms. The van der Waals surface area contributed by atoms with Crippen LogP contribution < -0.4 is 5.32 Å². The number of carboxylic acid groups (broad SMARTS) is 1. The summed E-state index contributed by atoms with van der Waals surface area (Å²) in [6.07, 6.45) is 8.76. The van der Waals surface area contributed by atoms with Crippen LogP contribution in [0.2, 0.25) is 0 Å². The number of carboxylic acids is 1. The second-order valence-electron chi connectivity index (χ2n) is 3.45. The summed E-state index contributed by atoms with van der Waals surface area (Å²) in [5.41, 5.74) is 1.31. The van der Waals surface area contributed by atoms with E-state index in [9.17, 15) is 4.79 Å². The highest BCUT2D eigenvalue weighted by atomic mass is 32.2. The van der Waals surface area contributed by atoms with E-state index in [0.717, 1.165) is 18.6 Å². The Hall–Kier alpha value is -0.740. The zero-order valence-electron chi connectivity index (χ0n) is 10.9. The molecule has 0 aromatic rings. The lowest BCUT2D eigenvalue weighted by Gasteiger charge is -2.11. The van der Waals surface area contributed by atoms with E-state index in [0.29, 0.717) is 5.75 Å². The van der Waals surface area contributed by atoms with E-state index in [4.69, 9.17) is 5.11 Å². The first-order valence-corrected chi connectivity index (χ1v) is 7.23. The molecule has 0 fully saturated rings. The summed E-state index contributed by atoms with van der Waals surface area (Å²) >= 11 is 1.66. The second-order valence-corrected chi connectivity index (χ2v) is 4.48. The molecule has 1 atom stereocenters. The van der Waals surface area contributed by atoms with Gasteiger partial charge in [-0.2, -0.15) is 11.8 Å². The van der Waals surface area contributed by atoms with Crippen molar-refractivity contribution < 1.29 is 9.90 Å². The fraction of sp³-hybridized carbons (Fsp3) is 0.615. The molecule has 0 saturated heterocycles. The monoisotopic (exact) mass is 257 g/mol. The first kappa shape index (κ1) is 16.3. The molecule has 4 heteroatoms. The summed E-state index contributed by atoms with van der Waals surface area (Å²) in [6, 6.07) is -0.442. The number of hydrogen-bond acceptors (Lipinski definition) is 3. The van der Waals surface area contributed by atoms with Gasteiger partial charge in [-0.25, -0.2) is 0 Å². The molecule has 2 N–H and O–H groups in total. The smallest absolute Gasteiger partial charge is 0.321 e. The van der Waals surface area contributed by atoms with Gasteiger partial charge in [-0.3, -0.25) is 4.79 Å². The van der Waals surface area contributed by atoms with E-state index in [1.54, 1.807) is 18.8 Å². The topological polar surface area (TPSA) is 49.3 Å². The summed E-state index contributed by atoms with van der Waals surface area (Å²) in [7, 11) is 1.68. The van der Waals surface area contributed by atoms with Crippen molar-refractivity contribution in [2.24, 2.45) is 0 Å². The Labute approximate surface area is 108 Å². The maximum absolute atomic E-state index is 10.7. The maximum Gasteiger partial charge on any atom is 0.321 e. The van der Waals surface area contributed by atoms with Crippen LogP contribution in [0.5, 0.6) is 0 Å². The van der Waals surface area contributed by atoms with Gasteiger partial charge in [0, 0.05) is 11.5 Å². The normalized spacial score (nSPS) is 15.6. The van der Waals surface area contributed by atoms with Gasteiger partial charge in [0.15, 0.2) is 0 Å². The third kappa shape index (κ3) is 7.23. The van der Waals surface area contributed by atoms with Gasteiger partial charge in [-0.15, -0.1) is 0 Å². The fourth-order valence-corrected chi connectivity index (χ4v) is 2.46. The number of carbonyl (C=O) groups is 1. The quantitative estimate of drug-likeness (QED) is 0.768. The molecule has 0 radical (unpaired) electrons. The number of allylic oxidation sites excluding steroid dienone is 3. The molecule has 0 saturated carbocycles. The van der Waals surface area contributed by atoms with E-state index >= 15 is 0 Å². The molecular formula is C13H23NO2S. The lowest BCUT2D eigenvalue weighted by Crippen LogP contribution is -2.36. The number of likely N-dealkylation sites (N-methyl/N-ethyl adjacent to an activating group) is 1. The molecule has 3 nitrogen and oxygen atoms in total. The highest BCUT2D eigenvalue weighted by Crippen LogP contribution is 2.15. The van der Waals surface area contributed by atoms with Crippen molar-refractivity contribution in [3.05, 3.63) is 23.8 Å². The summed E-state index contributed by atoms with van der Waals surface area (Å²) in [5.74, 6) is 0.733. The van der Waals surface area contributed by atoms with Crippen LogP contribution in [0.1, 0.15) is 26.7 Å². The highest BCUT2D eigenvalue weighted by molar-refractivity contribution is 7.99. The van der Waals surface area contributed by atoms with E-state index < -0.39 is 12.0 Å². The molecule has 1 aliphatic carbocycles. The standard InChI is InChI=1S/C11H17NO2S.C2H6/c1-12-10(11(13)14)8-15-7-9-5-3-2-4-6-9;1-2/h3,5-6,10,12H,2,4,7-8H2,1H3,(H,13,14);1-2H3. The lowest BCUT2D eigenvalue weighted by molar-refractivity contribution is -0.138. The molecule has 1 aliphatic rings. The lowest BCUT2D eigenvalue weighted by atomic mass is 10.1. The van der Waals surface area contributed by atoms with Crippen LogP contribution in [-0.2, 0) is 4.79 Å². The maximum atomic E-state index is 10.7. The molecule has 0 spiro atoms. The van der Waals surface area contributed by atoms with E-state index in [2.05, 4.69) is 23.5 Å². The Kier molecular flexibility index (Phi) is 9.96. The first-order chi connectivity index (χ1) is 8.24. The molecule has 0 amide bonds. The van der Waals surface area contributed by atoms with Crippen LogP contribution in [0.3, 0.4) is 0 Å². The molecule has 98 valence electrons. The van der Waals surface area contributed by atoms with Gasteiger partial charge >= 0.3 is 5.97 Å². The Morgan fingerprint density at radius 1 is 1.53 bits per heavy atom. The van der Waals surface area contributed by atoms with Gasteiger partial charge in [-0.05, 0) is 25.5 Å². The van der Waals surface area contributed by atoms with E-state index in [-0.39, 0.29) is 0 Å². The summed E-state index contributed by atoms with van der Waals surface area (Å²) < 4.78 is 0. The van der Waals surface area contributed by atoms with Crippen molar-refractivity contribution in [1.29, 1.82) is 0 Å². The Bertz CT molecular complexity index is 275. The summed E-state index contributed by atoms with van der Waals surface area (Å²) in [4.78, 5) is 10.7. The van der Waals surface area contributed by atoms with E-state index in [1.807, 2.05) is 13.8 Å². The third-order valence-electron chi connectivity index (χ3n) is 2.27. The van der Waals surface area contributed by atoms with Crippen LogP contribution in [0.4, 0.5) is 0 Å². The van der Waals surface area contributed by atoms with Crippen molar-refractivity contribution in [3.63, 3.8) is 0 Å². The SMILES string of the molecule is CC.CNC(CSCC1=CCCC=C1)C(=O)O. The van der Waals surface area contributed by atoms with Crippen molar-refractivity contribution >= 4 is 17.7 Å². The van der Waals surface area contributed by atoms with Crippen molar-refractivity contribution in [2.45, 2.75) is 32.7 Å². The number of rotatable bonds is 6. The van der Waals surface area contributed by atoms with Crippen LogP contribution in [0, 0.1) is 0 Å². The van der Waals surface area contributed by atoms with Crippen LogP contribution in [0.15, 0.2) is 23.8 Å². The predicted molar refractivity (Wildman–Crippen MR) is 75.6 cm³/mol. The first-order valence-electron chi connectivity index (χ1n) is 6.07. The van der Waals surface area contributed by atoms with Crippen molar-refractivity contribution in [2.75, 3.05) is 18.6 Å². The van der Waals surface area contributed by atoms with Gasteiger partial charge in [0.1, 0.15) is 6.04 Å². The largest absolute Gasteiger partial charge is 0.480 e. The number of nitrogens with one attached hydrogen (secondary N) is 1. The van der Waals surface area contributed by atoms with Crippen LogP contribution >= 0.6 is 11.8 Å². The number of aliphatic carboxylic acids is 1. The average Bonchev–Trinajstić information content (AvgIpc) is 2.38. The second kappa shape index (κ2) is 10.4. The van der Waals surface area contributed by atoms with Gasteiger partial charge in [0.2, 0.25) is 0 Å². The Morgan fingerprint density at radius 2 is 2.24 bits per heavy atom. The van der Waals surface area contributed by atoms with Crippen LogP contribution in [-0.4, -0.2) is 35.7 Å². The number of thioether (sulfide) groups is 1. The molecular weight excluding hydrogens is 234 g/mol. The minimum absolute atomic E-state index is 0.442. The molecule has 1 unspecified atom stereocenters. The zero-order chi connectivity index (χ0) is 13.1. The third-order valence-corrected chi connectivity index (χ3v) is 3.38. The zero-order valence-corrected chi connectivity index (χ0v) is 11.7. The summed E-state index contributed by atoms with van der Waals surface area (Å²) in [5, 5.41) is 11.6. The highest BCUT2D eigenvalue weighted by Gasteiger charge is 2.14. The molecule has 0 aliphatic heterocycles. The van der Waals surface area contributed by atoms with Crippen LogP contribution in [0.25, 0.3) is 0 Å². The van der Waals surface area contributed by atoms with Gasteiger partial charge in [-0.1, -0.05) is 32.1 Å². The minimum Gasteiger partial charge on any atom is -0.480 e. The van der Waals surface area contributed by atoms with E-state index in [1.165, 1.54) is 5.57 Å². The van der Waals surface area contributed by atoms with Gasteiger partial charge in [0.25, 0.3) is 0 Å². The molecule has 0 aromatic heterocycles. The average molecular weight is 257 g/mol. The van der Waals surface area contributed by atoms with Crippen molar-refractivity contribution in [3.8, 4) is 0 Å². The molecule has 1 rings (SSSR count). The molecule has 0 aromatic carbocycles. The minimum atomic E-state index is -0.779. The van der Waals surface area contributed by atoms with Gasteiger partial charge in [0.05, 0.1) is 0 Å². The Morgan fingerprint density at radius 3 is 2.71 bits per heavy atom. The number of hydrogen-bond donors (Lipinski definition) is 2. The summed E-state index contributed by atoms with van der Waals surface area (Å²) in [6.45, 7) is 4.00. The Balaban J connectivity index is 0.00000121. The van der Waals surface area contributed by atoms with Crippen molar-refractivity contribution in [1.82, 2.24) is 5.32 Å². The van der Waals surface area contributed by atoms with Gasteiger partial charge < -0.3 is 10.4 Å². The fourth-order valence-electron chi connectivity index (χ4n) is 1.35. The molecule has 0 heterocycles. The predicted octanol–water partition coefficient (Wildman–Crippen LogP) is 2.69.